The number of ketones is 1. The zero-order valence-electron chi connectivity index (χ0n) is 19.7. The number of aryl methyl sites for hydroxylation is 1. The van der Waals surface area contributed by atoms with Crippen molar-refractivity contribution < 1.29 is 24.2 Å². The lowest BCUT2D eigenvalue weighted by atomic mass is 9.95. The van der Waals surface area contributed by atoms with E-state index in [4.69, 9.17) is 4.74 Å². The largest absolute Gasteiger partial charge is 0.505 e. The molecular weight excluding hydrogens is 458 g/mol. The topological polar surface area (TPSA) is 101 Å². The van der Waals surface area contributed by atoms with Gasteiger partial charge < -0.3 is 14.7 Å². The molecule has 0 aliphatic carbocycles. The highest BCUT2D eigenvalue weighted by Crippen LogP contribution is 2.41. The van der Waals surface area contributed by atoms with Crippen LogP contribution in [-0.4, -0.2) is 44.2 Å². The third kappa shape index (κ3) is 3.82. The highest BCUT2D eigenvalue weighted by Gasteiger charge is 2.46. The van der Waals surface area contributed by atoms with Gasteiger partial charge in [-0.2, -0.15) is 0 Å². The zero-order valence-corrected chi connectivity index (χ0v) is 19.7. The molecule has 36 heavy (non-hydrogen) atoms. The number of imidazole rings is 1. The lowest BCUT2D eigenvalue weighted by molar-refractivity contribution is -0.140. The molecule has 2 aromatic heterocycles. The summed E-state index contributed by atoms with van der Waals surface area (Å²) in [6.07, 6.45) is 1.74. The Morgan fingerprint density at radius 1 is 1.00 bits per heavy atom. The first-order valence-electron chi connectivity index (χ1n) is 11.4. The number of hydrogen-bond donors (Lipinski definition) is 1. The van der Waals surface area contributed by atoms with Crippen LogP contribution in [-0.2, 0) is 20.9 Å². The van der Waals surface area contributed by atoms with Crippen LogP contribution in [0.5, 0.6) is 0 Å². The average Bonchev–Trinajstić information content (AvgIpc) is 3.37. The van der Waals surface area contributed by atoms with E-state index in [0.717, 1.165) is 5.56 Å². The van der Waals surface area contributed by atoms with Gasteiger partial charge in [0.15, 0.2) is 5.76 Å². The maximum Gasteiger partial charge on any atom is 0.337 e. The summed E-state index contributed by atoms with van der Waals surface area (Å²) in [5.41, 5.74) is 3.18. The Labute approximate surface area is 207 Å². The Hall–Kier alpha value is -4.72. The van der Waals surface area contributed by atoms with Gasteiger partial charge in [-0.3, -0.25) is 14.0 Å². The van der Waals surface area contributed by atoms with Crippen LogP contribution in [0.1, 0.15) is 38.9 Å². The number of pyridine rings is 1. The standard InChI is InChI=1S/C28H23N3O5/c1-17-23(30-15-7-6-10-21(30)29-17)25(32)22-24(19-11-13-20(14-12-19)28(35)36-2)31(27(34)26(22)33)16-18-8-4-3-5-9-18/h3-15,24,32H,16H2,1-2H3. The summed E-state index contributed by atoms with van der Waals surface area (Å²) >= 11 is 0. The molecule has 1 N–H and O–H groups in total. The number of ether oxygens (including phenoxy) is 1. The van der Waals surface area contributed by atoms with E-state index in [-0.39, 0.29) is 17.9 Å². The predicted octanol–water partition coefficient (Wildman–Crippen LogP) is 4.05. The van der Waals surface area contributed by atoms with Crippen LogP contribution in [0.3, 0.4) is 0 Å². The minimum absolute atomic E-state index is 0.0319. The molecule has 1 unspecified atom stereocenters. The number of aromatic nitrogens is 2. The number of carbonyl (C=O) groups excluding carboxylic acids is 3. The average molecular weight is 482 g/mol. The second kappa shape index (κ2) is 9.14. The number of methoxy groups -OCH3 is 1. The molecule has 0 radical (unpaired) electrons. The summed E-state index contributed by atoms with van der Waals surface area (Å²) in [5, 5.41) is 11.5. The Morgan fingerprint density at radius 2 is 1.69 bits per heavy atom. The van der Waals surface area contributed by atoms with Crippen LogP contribution >= 0.6 is 0 Å². The third-order valence-electron chi connectivity index (χ3n) is 6.31. The van der Waals surface area contributed by atoms with Gasteiger partial charge in [0, 0.05) is 12.7 Å². The summed E-state index contributed by atoms with van der Waals surface area (Å²) in [7, 11) is 1.29. The van der Waals surface area contributed by atoms with Crippen molar-refractivity contribution in [2.24, 2.45) is 0 Å². The Morgan fingerprint density at radius 3 is 2.39 bits per heavy atom. The van der Waals surface area contributed by atoms with E-state index in [9.17, 15) is 19.5 Å². The first kappa shape index (κ1) is 23.0. The van der Waals surface area contributed by atoms with Crippen molar-refractivity contribution in [3.63, 3.8) is 0 Å². The van der Waals surface area contributed by atoms with Crippen LogP contribution in [0, 0.1) is 6.92 Å². The molecule has 4 aromatic rings. The molecular formula is C28H23N3O5. The molecule has 0 bridgehead atoms. The molecule has 3 heterocycles. The molecule has 5 rings (SSSR count). The van der Waals surface area contributed by atoms with E-state index < -0.39 is 23.7 Å². The van der Waals surface area contributed by atoms with Gasteiger partial charge in [-0.15, -0.1) is 0 Å². The van der Waals surface area contributed by atoms with Gasteiger partial charge in [-0.1, -0.05) is 48.5 Å². The van der Waals surface area contributed by atoms with Gasteiger partial charge in [0.2, 0.25) is 0 Å². The fourth-order valence-electron chi connectivity index (χ4n) is 4.62. The first-order valence-corrected chi connectivity index (χ1v) is 11.4. The molecule has 0 spiro atoms. The summed E-state index contributed by atoms with van der Waals surface area (Å²) in [6.45, 7) is 1.90. The fraction of sp³-hybridized carbons (Fsp3) is 0.143. The summed E-state index contributed by atoms with van der Waals surface area (Å²) in [6, 6.07) is 20.3. The molecule has 0 saturated carbocycles. The number of carbonyl (C=O) groups is 3. The van der Waals surface area contributed by atoms with E-state index in [1.54, 1.807) is 53.9 Å². The highest BCUT2D eigenvalue weighted by atomic mass is 16.5. The number of likely N-dealkylation sites (tertiary alicyclic amines) is 1. The van der Waals surface area contributed by atoms with Crippen molar-refractivity contribution in [1.82, 2.24) is 14.3 Å². The molecule has 180 valence electrons. The van der Waals surface area contributed by atoms with Crippen molar-refractivity contribution in [1.29, 1.82) is 0 Å². The van der Waals surface area contributed by atoms with Crippen LogP contribution in [0.25, 0.3) is 11.4 Å². The molecule has 1 aliphatic rings. The number of benzene rings is 2. The second-order valence-corrected chi connectivity index (χ2v) is 8.50. The number of rotatable bonds is 5. The third-order valence-corrected chi connectivity index (χ3v) is 6.31. The number of fused-ring (bicyclic) bond motifs is 1. The van der Waals surface area contributed by atoms with Crippen LogP contribution in [0.2, 0.25) is 0 Å². The molecule has 1 amide bonds. The minimum atomic E-state index is -0.870. The fourth-order valence-corrected chi connectivity index (χ4v) is 4.62. The molecule has 1 atom stereocenters. The molecule has 8 nitrogen and oxygen atoms in total. The number of hydrogen-bond acceptors (Lipinski definition) is 6. The van der Waals surface area contributed by atoms with Gasteiger partial charge in [-0.05, 0) is 42.3 Å². The van der Waals surface area contributed by atoms with E-state index in [0.29, 0.717) is 28.2 Å². The van der Waals surface area contributed by atoms with Crippen molar-refractivity contribution >= 4 is 29.1 Å². The van der Waals surface area contributed by atoms with Crippen LogP contribution in [0.4, 0.5) is 0 Å². The molecule has 8 heteroatoms. The van der Waals surface area contributed by atoms with Crippen molar-refractivity contribution in [2.75, 3.05) is 7.11 Å². The number of nitrogens with zero attached hydrogens (tertiary/aromatic N) is 3. The van der Waals surface area contributed by atoms with E-state index >= 15 is 0 Å². The Kier molecular flexibility index (Phi) is 5.85. The number of amides is 1. The molecule has 1 saturated heterocycles. The van der Waals surface area contributed by atoms with E-state index in [1.165, 1.54) is 12.0 Å². The smallest absolute Gasteiger partial charge is 0.337 e. The van der Waals surface area contributed by atoms with Gasteiger partial charge in [0.05, 0.1) is 30.0 Å². The summed E-state index contributed by atoms with van der Waals surface area (Å²) < 4.78 is 6.47. The zero-order chi connectivity index (χ0) is 25.4. The summed E-state index contributed by atoms with van der Waals surface area (Å²) in [5.74, 6) is -2.30. The maximum atomic E-state index is 13.4. The van der Waals surface area contributed by atoms with Crippen molar-refractivity contribution in [3.8, 4) is 0 Å². The quantitative estimate of drug-likeness (QED) is 0.200. The van der Waals surface area contributed by atoms with Gasteiger partial charge >= 0.3 is 5.97 Å². The molecule has 1 fully saturated rings. The summed E-state index contributed by atoms with van der Waals surface area (Å²) in [4.78, 5) is 44.5. The first-order chi connectivity index (χ1) is 17.4. The Balaban J connectivity index is 1.69. The lowest BCUT2D eigenvalue weighted by Gasteiger charge is -2.25. The molecule has 2 aromatic carbocycles. The molecule has 1 aliphatic heterocycles. The van der Waals surface area contributed by atoms with Crippen LogP contribution < -0.4 is 0 Å². The van der Waals surface area contributed by atoms with E-state index in [2.05, 4.69) is 4.98 Å². The number of esters is 1. The maximum absolute atomic E-state index is 13.4. The van der Waals surface area contributed by atoms with Gasteiger partial charge in [0.1, 0.15) is 11.3 Å². The normalized spacial score (nSPS) is 17.1. The number of aliphatic hydroxyl groups is 1. The van der Waals surface area contributed by atoms with Gasteiger partial charge in [-0.25, -0.2) is 9.78 Å². The minimum Gasteiger partial charge on any atom is -0.505 e. The Bertz CT molecular complexity index is 1520. The second-order valence-electron chi connectivity index (χ2n) is 8.50. The van der Waals surface area contributed by atoms with Gasteiger partial charge in [0.25, 0.3) is 11.7 Å². The van der Waals surface area contributed by atoms with E-state index in [1.807, 2.05) is 36.4 Å². The van der Waals surface area contributed by atoms with Crippen molar-refractivity contribution in [2.45, 2.75) is 19.5 Å². The predicted molar refractivity (Wildman–Crippen MR) is 132 cm³/mol. The highest BCUT2D eigenvalue weighted by molar-refractivity contribution is 6.46. The van der Waals surface area contributed by atoms with Crippen LogP contribution in [0.15, 0.2) is 84.6 Å². The lowest BCUT2D eigenvalue weighted by Crippen LogP contribution is -2.29. The van der Waals surface area contributed by atoms with Crippen molar-refractivity contribution in [3.05, 3.63) is 113 Å². The SMILES string of the molecule is COC(=O)c1ccc(C2C(=C(O)c3c(C)nc4ccccn34)C(=O)C(=O)N2Cc2ccccc2)cc1. The number of Topliss-reactive ketones (excluding diaryl/α,β-unsaturated/α-hetero) is 1. The monoisotopic (exact) mass is 481 g/mol. The number of aliphatic hydroxyl groups excluding tert-OH is 1.